The standard InChI is InChI=1S/C20H28N2.2C2H6/c1-19(2,3)13-18-12-17(21-14-22-18)11-15-8-7-9-16(10-15)20(4,5)6;2*1-2/h7-10,12,14H,11,13H2,1-6H3;2*1-2H3. The first-order chi connectivity index (χ1) is 12.1. The molecule has 146 valence electrons. The molecule has 2 nitrogen and oxygen atoms in total. The third kappa shape index (κ3) is 9.12. The Bertz CT molecular complexity index is 631. The van der Waals surface area contributed by atoms with E-state index >= 15 is 0 Å². The van der Waals surface area contributed by atoms with Crippen molar-refractivity contribution < 1.29 is 0 Å². The van der Waals surface area contributed by atoms with Crippen molar-refractivity contribution in [2.24, 2.45) is 5.41 Å². The van der Waals surface area contributed by atoms with Crippen molar-refractivity contribution >= 4 is 0 Å². The molecule has 0 aliphatic rings. The second-order valence-electron chi connectivity index (χ2n) is 8.37. The molecule has 0 saturated carbocycles. The zero-order valence-corrected chi connectivity index (χ0v) is 18.8. The minimum atomic E-state index is 0.180. The third-order valence-electron chi connectivity index (χ3n) is 3.67. The Hall–Kier alpha value is -1.70. The number of aromatic nitrogens is 2. The first-order valence-electron chi connectivity index (χ1n) is 10.0. The van der Waals surface area contributed by atoms with E-state index in [0.29, 0.717) is 0 Å². The van der Waals surface area contributed by atoms with E-state index in [2.05, 4.69) is 81.8 Å². The highest BCUT2D eigenvalue weighted by Gasteiger charge is 2.15. The van der Waals surface area contributed by atoms with Crippen LogP contribution in [0.2, 0.25) is 0 Å². The molecule has 2 aromatic rings. The molecule has 0 unspecified atom stereocenters. The van der Waals surface area contributed by atoms with Crippen LogP contribution in [0, 0.1) is 5.41 Å². The molecule has 0 radical (unpaired) electrons. The van der Waals surface area contributed by atoms with Crippen molar-refractivity contribution in [1.82, 2.24) is 9.97 Å². The van der Waals surface area contributed by atoms with Crippen LogP contribution in [0.3, 0.4) is 0 Å². The van der Waals surface area contributed by atoms with Gasteiger partial charge in [0.15, 0.2) is 0 Å². The second kappa shape index (κ2) is 11.1. The Morgan fingerprint density at radius 2 is 1.35 bits per heavy atom. The summed E-state index contributed by atoms with van der Waals surface area (Å²) in [6.07, 6.45) is 3.54. The second-order valence-corrected chi connectivity index (χ2v) is 8.37. The van der Waals surface area contributed by atoms with Crippen LogP contribution < -0.4 is 0 Å². The molecule has 1 aromatic carbocycles. The van der Waals surface area contributed by atoms with Gasteiger partial charge in [-0.3, -0.25) is 0 Å². The van der Waals surface area contributed by atoms with Crippen LogP contribution in [0.4, 0.5) is 0 Å². The van der Waals surface area contributed by atoms with Crippen LogP contribution in [0.5, 0.6) is 0 Å². The average Bonchev–Trinajstić information content (AvgIpc) is 2.57. The molecule has 2 rings (SSSR count). The molecule has 0 bridgehead atoms. The van der Waals surface area contributed by atoms with Crippen molar-refractivity contribution in [2.45, 2.75) is 87.5 Å². The van der Waals surface area contributed by atoms with Gasteiger partial charge in [0.25, 0.3) is 0 Å². The van der Waals surface area contributed by atoms with Crippen LogP contribution >= 0.6 is 0 Å². The van der Waals surface area contributed by atoms with E-state index in [1.807, 2.05) is 27.7 Å². The number of hydrogen-bond acceptors (Lipinski definition) is 2. The van der Waals surface area contributed by atoms with Gasteiger partial charge in [0.1, 0.15) is 6.33 Å². The molecule has 0 aliphatic carbocycles. The summed E-state index contributed by atoms with van der Waals surface area (Å²) >= 11 is 0. The van der Waals surface area contributed by atoms with Crippen molar-refractivity contribution in [2.75, 3.05) is 0 Å². The highest BCUT2D eigenvalue weighted by Crippen LogP contribution is 2.24. The van der Waals surface area contributed by atoms with Gasteiger partial charge in [-0.25, -0.2) is 9.97 Å². The molecule has 26 heavy (non-hydrogen) atoms. The maximum absolute atomic E-state index is 4.45. The summed E-state index contributed by atoms with van der Waals surface area (Å²) in [7, 11) is 0. The predicted molar refractivity (Wildman–Crippen MR) is 116 cm³/mol. The van der Waals surface area contributed by atoms with Gasteiger partial charge in [0.2, 0.25) is 0 Å². The van der Waals surface area contributed by atoms with Crippen LogP contribution in [-0.4, -0.2) is 9.97 Å². The maximum atomic E-state index is 4.45. The van der Waals surface area contributed by atoms with E-state index in [0.717, 1.165) is 24.2 Å². The molecular weight excluding hydrogens is 316 g/mol. The first-order valence-corrected chi connectivity index (χ1v) is 10.0. The van der Waals surface area contributed by atoms with Gasteiger partial charge >= 0.3 is 0 Å². The van der Waals surface area contributed by atoms with E-state index in [-0.39, 0.29) is 10.8 Å². The van der Waals surface area contributed by atoms with Gasteiger partial charge in [-0.1, -0.05) is 93.5 Å². The molecule has 0 spiro atoms. The minimum absolute atomic E-state index is 0.180. The highest BCUT2D eigenvalue weighted by molar-refractivity contribution is 5.31. The molecule has 0 saturated heterocycles. The zero-order valence-electron chi connectivity index (χ0n) is 18.8. The number of hydrogen-bond donors (Lipinski definition) is 0. The summed E-state index contributed by atoms with van der Waals surface area (Å²) in [5.41, 5.74) is 5.34. The predicted octanol–water partition coefficient (Wildman–Crippen LogP) is 7.01. The van der Waals surface area contributed by atoms with Crippen molar-refractivity contribution in [3.05, 3.63) is 59.2 Å². The van der Waals surface area contributed by atoms with Gasteiger partial charge in [-0.2, -0.15) is 0 Å². The fraction of sp³-hybridized carbons (Fsp3) is 0.583. The van der Waals surface area contributed by atoms with Gasteiger partial charge in [0, 0.05) is 17.8 Å². The Kier molecular flexibility index (Phi) is 10.4. The molecule has 1 heterocycles. The largest absolute Gasteiger partial charge is 0.241 e. The zero-order chi connectivity index (χ0) is 20.4. The van der Waals surface area contributed by atoms with E-state index < -0.39 is 0 Å². The van der Waals surface area contributed by atoms with Crippen molar-refractivity contribution in [3.63, 3.8) is 0 Å². The van der Waals surface area contributed by atoms with Gasteiger partial charge in [-0.05, 0) is 34.4 Å². The molecule has 0 atom stereocenters. The fourth-order valence-corrected chi connectivity index (χ4v) is 2.54. The quantitative estimate of drug-likeness (QED) is 0.591. The summed E-state index contributed by atoms with van der Waals surface area (Å²) in [5, 5.41) is 0. The molecule has 0 N–H and O–H groups in total. The Morgan fingerprint density at radius 1 is 0.769 bits per heavy atom. The summed E-state index contributed by atoms with van der Waals surface area (Å²) in [4.78, 5) is 8.86. The summed E-state index contributed by atoms with van der Waals surface area (Å²) in [6.45, 7) is 21.5. The highest BCUT2D eigenvalue weighted by atomic mass is 14.8. The lowest BCUT2D eigenvalue weighted by atomic mass is 9.86. The van der Waals surface area contributed by atoms with Crippen LogP contribution in [0.1, 0.15) is 91.8 Å². The lowest BCUT2D eigenvalue weighted by Crippen LogP contribution is -2.12. The summed E-state index contributed by atoms with van der Waals surface area (Å²) < 4.78 is 0. The van der Waals surface area contributed by atoms with Gasteiger partial charge < -0.3 is 0 Å². The fourth-order valence-electron chi connectivity index (χ4n) is 2.54. The minimum Gasteiger partial charge on any atom is -0.241 e. The Balaban J connectivity index is 0.00000146. The van der Waals surface area contributed by atoms with E-state index in [1.54, 1.807) is 6.33 Å². The molecule has 0 fully saturated rings. The van der Waals surface area contributed by atoms with Gasteiger partial charge in [0.05, 0.1) is 0 Å². The lowest BCUT2D eigenvalue weighted by Gasteiger charge is -2.20. The van der Waals surface area contributed by atoms with Crippen LogP contribution in [-0.2, 0) is 18.3 Å². The molecule has 1 aromatic heterocycles. The first kappa shape index (κ1) is 24.3. The van der Waals surface area contributed by atoms with E-state index in [9.17, 15) is 0 Å². The monoisotopic (exact) mass is 356 g/mol. The number of benzene rings is 1. The van der Waals surface area contributed by atoms with Crippen LogP contribution in [0.25, 0.3) is 0 Å². The third-order valence-corrected chi connectivity index (χ3v) is 3.67. The SMILES string of the molecule is CC.CC.CC(C)(C)Cc1cc(Cc2cccc(C(C)(C)C)c2)ncn1. The van der Waals surface area contributed by atoms with Crippen LogP contribution in [0.15, 0.2) is 36.7 Å². The topological polar surface area (TPSA) is 25.8 Å². The maximum Gasteiger partial charge on any atom is 0.115 e. The average molecular weight is 357 g/mol. The van der Waals surface area contributed by atoms with Crippen molar-refractivity contribution in [1.29, 1.82) is 0 Å². The summed E-state index contributed by atoms with van der Waals surface area (Å²) in [5.74, 6) is 0. The normalized spacial score (nSPS) is 11.0. The van der Waals surface area contributed by atoms with Gasteiger partial charge in [-0.15, -0.1) is 0 Å². The Morgan fingerprint density at radius 3 is 1.88 bits per heavy atom. The number of nitrogens with zero attached hydrogens (tertiary/aromatic N) is 2. The lowest BCUT2D eigenvalue weighted by molar-refractivity contribution is 0.406. The molecule has 0 aliphatic heterocycles. The molecule has 0 amide bonds. The summed E-state index contributed by atoms with van der Waals surface area (Å²) in [6, 6.07) is 11.0. The number of rotatable bonds is 3. The molecule has 2 heteroatoms. The smallest absolute Gasteiger partial charge is 0.115 e. The van der Waals surface area contributed by atoms with E-state index in [4.69, 9.17) is 0 Å². The molecular formula is C24H40N2. The van der Waals surface area contributed by atoms with Crippen molar-refractivity contribution in [3.8, 4) is 0 Å². The van der Waals surface area contributed by atoms with E-state index in [1.165, 1.54) is 11.1 Å². The Labute approximate surface area is 162 Å².